The summed E-state index contributed by atoms with van der Waals surface area (Å²) in [6.45, 7) is -0.264. The molecule has 1 aromatic heterocycles. The lowest BCUT2D eigenvalue weighted by molar-refractivity contribution is -0.144. The summed E-state index contributed by atoms with van der Waals surface area (Å²) in [5.74, 6) is 0.734. The molecule has 10 heteroatoms. The van der Waals surface area contributed by atoms with Crippen LogP contribution in [0.25, 0.3) is 11.4 Å². The number of nitrogens with zero attached hydrogens (tertiary/aromatic N) is 2. The number of aromatic nitrogens is 2. The van der Waals surface area contributed by atoms with E-state index in [1.54, 1.807) is 18.2 Å². The molecule has 0 bridgehead atoms. The number of benzene rings is 2. The lowest BCUT2D eigenvalue weighted by Crippen LogP contribution is -2.09. The van der Waals surface area contributed by atoms with E-state index in [0.717, 1.165) is 12.1 Å². The maximum atomic E-state index is 12.6. The van der Waals surface area contributed by atoms with E-state index in [-0.39, 0.29) is 24.7 Å². The predicted molar refractivity (Wildman–Crippen MR) is 97.8 cm³/mol. The summed E-state index contributed by atoms with van der Waals surface area (Å²) < 4.78 is 58.2. The predicted octanol–water partition coefficient (Wildman–Crippen LogP) is 4.06. The minimum absolute atomic E-state index is 0.0700. The van der Waals surface area contributed by atoms with Crippen LogP contribution in [-0.2, 0) is 28.7 Å². The molecule has 0 saturated carbocycles. The monoisotopic (exact) mass is 422 g/mol. The summed E-state index contributed by atoms with van der Waals surface area (Å²) >= 11 is 0. The third-order valence-electron chi connectivity index (χ3n) is 4.10. The SMILES string of the molecule is COc1ccc(-c2noc(COC(=O)Cc3ccc(C(F)(F)F)cc3)n2)cc1OC. The van der Waals surface area contributed by atoms with Crippen molar-refractivity contribution in [3.8, 4) is 22.9 Å². The lowest BCUT2D eigenvalue weighted by atomic mass is 10.1. The molecule has 3 rings (SSSR count). The van der Waals surface area contributed by atoms with Crippen molar-refractivity contribution >= 4 is 5.97 Å². The summed E-state index contributed by atoms with van der Waals surface area (Å²) in [6.07, 6.45) is -4.61. The first-order chi connectivity index (χ1) is 14.3. The van der Waals surface area contributed by atoms with Crippen molar-refractivity contribution in [3.63, 3.8) is 0 Å². The largest absolute Gasteiger partial charge is 0.493 e. The van der Waals surface area contributed by atoms with Gasteiger partial charge >= 0.3 is 12.1 Å². The molecule has 0 amide bonds. The van der Waals surface area contributed by atoms with E-state index in [2.05, 4.69) is 10.1 Å². The van der Waals surface area contributed by atoms with Gasteiger partial charge in [-0.3, -0.25) is 4.79 Å². The molecule has 0 aliphatic rings. The van der Waals surface area contributed by atoms with Crippen molar-refractivity contribution in [2.24, 2.45) is 0 Å². The molecule has 7 nitrogen and oxygen atoms in total. The third kappa shape index (κ3) is 5.07. The standard InChI is InChI=1S/C20H17F3N2O5/c1-27-15-8-5-13(10-16(15)28-2)19-24-17(30-25-19)11-29-18(26)9-12-3-6-14(7-4-12)20(21,22)23/h3-8,10H,9,11H2,1-2H3. The van der Waals surface area contributed by atoms with Crippen molar-refractivity contribution < 1.29 is 36.7 Å². The van der Waals surface area contributed by atoms with E-state index in [1.807, 2.05) is 0 Å². The Labute approximate surface area is 169 Å². The summed E-state index contributed by atoms with van der Waals surface area (Å²) in [4.78, 5) is 16.1. The highest BCUT2D eigenvalue weighted by molar-refractivity contribution is 5.72. The highest BCUT2D eigenvalue weighted by atomic mass is 19.4. The van der Waals surface area contributed by atoms with Gasteiger partial charge in [-0.2, -0.15) is 18.2 Å². The van der Waals surface area contributed by atoms with Crippen LogP contribution in [0.5, 0.6) is 11.5 Å². The van der Waals surface area contributed by atoms with Crippen LogP contribution in [0.1, 0.15) is 17.0 Å². The zero-order chi connectivity index (χ0) is 21.7. The van der Waals surface area contributed by atoms with Gasteiger partial charge in [0.1, 0.15) is 0 Å². The van der Waals surface area contributed by atoms with Crippen molar-refractivity contribution in [1.82, 2.24) is 10.1 Å². The second kappa shape index (κ2) is 8.85. The molecule has 30 heavy (non-hydrogen) atoms. The van der Waals surface area contributed by atoms with E-state index in [9.17, 15) is 18.0 Å². The van der Waals surface area contributed by atoms with E-state index < -0.39 is 17.7 Å². The number of rotatable bonds is 7. The van der Waals surface area contributed by atoms with Crippen molar-refractivity contribution in [3.05, 3.63) is 59.5 Å². The summed E-state index contributed by atoms with van der Waals surface area (Å²) in [6, 6.07) is 9.36. The molecule has 1 heterocycles. The van der Waals surface area contributed by atoms with Gasteiger partial charge in [0.25, 0.3) is 5.89 Å². The van der Waals surface area contributed by atoms with Crippen LogP contribution in [0.4, 0.5) is 13.2 Å². The zero-order valence-electron chi connectivity index (χ0n) is 16.0. The number of ether oxygens (including phenoxy) is 3. The minimum Gasteiger partial charge on any atom is -0.493 e. The van der Waals surface area contributed by atoms with E-state index >= 15 is 0 Å². The first-order valence-electron chi connectivity index (χ1n) is 8.67. The van der Waals surface area contributed by atoms with Gasteiger partial charge < -0.3 is 18.7 Å². The fourth-order valence-electron chi connectivity index (χ4n) is 2.58. The molecule has 0 N–H and O–H groups in total. The van der Waals surface area contributed by atoms with Gasteiger partial charge in [0.05, 0.1) is 26.2 Å². The molecule has 0 spiro atoms. The molecule has 0 radical (unpaired) electrons. The molecule has 0 unspecified atom stereocenters. The van der Waals surface area contributed by atoms with Gasteiger partial charge in [0.15, 0.2) is 18.1 Å². The lowest BCUT2D eigenvalue weighted by Gasteiger charge is -2.07. The molecular formula is C20H17F3N2O5. The van der Waals surface area contributed by atoms with Gasteiger partial charge in [-0.25, -0.2) is 0 Å². The quantitative estimate of drug-likeness (QED) is 0.531. The fraction of sp³-hybridized carbons (Fsp3) is 0.250. The van der Waals surface area contributed by atoms with Crippen LogP contribution in [0.15, 0.2) is 47.0 Å². The van der Waals surface area contributed by atoms with Crippen molar-refractivity contribution in [2.75, 3.05) is 14.2 Å². The molecular weight excluding hydrogens is 405 g/mol. The van der Waals surface area contributed by atoms with Gasteiger partial charge in [-0.15, -0.1) is 0 Å². The first-order valence-corrected chi connectivity index (χ1v) is 8.67. The molecule has 3 aromatic rings. The van der Waals surface area contributed by atoms with Crippen LogP contribution in [0.2, 0.25) is 0 Å². The van der Waals surface area contributed by atoms with E-state index in [0.29, 0.717) is 22.6 Å². The van der Waals surface area contributed by atoms with Gasteiger partial charge in [0.2, 0.25) is 5.82 Å². The Morgan fingerprint density at radius 3 is 2.37 bits per heavy atom. The number of esters is 1. The average molecular weight is 422 g/mol. The number of hydrogen-bond donors (Lipinski definition) is 0. The number of methoxy groups -OCH3 is 2. The molecule has 0 aliphatic carbocycles. The maximum Gasteiger partial charge on any atom is 0.416 e. The maximum absolute atomic E-state index is 12.6. The molecule has 0 atom stereocenters. The average Bonchev–Trinajstić information content (AvgIpc) is 3.20. The number of carbonyl (C=O) groups is 1. The second-order valence-electron chi connectivity index (χ2n) is 6.11. The summed E-state index contributed by atoms with van der Waals surface area (Å²) in [5, 5.41) is 3.83. The topological polar surface area (TPSA) is 83.7 Å². The minimum atomic E-state index is -4.43. The van der Waals surface area contributed by atoms with Gasteiger partial charge in [-0.05, 0) is 35.9 Å². The molecule has 2 aromatic carbocycles. The van der Waals surface area contributed by atoms with E-state index in [1.165, 1.54) is 26.4 Å². The Morgan fingerprint density at radius 1 is 1.03 bits per heavy atom. The highest BCUT2D eigenvalue weighted by Crippen LogP contribution is 2.31. The smallest absolute Gasteiger partial charge is 0.416 e. The van der Waals surface area contributed by atoms with Gasteiger partial charge in [-0.1, -0.05) is 17.3 Å². The Bertz CT molecular complexity index is 1020. The Kier molecular flexibility index (Phi) is 6.24. The molecule has 0 aliphatic heterocycles. The van der Waals surface area contributed by atoms with Crippen LogP contribution < -0.4 is 9.47 Å². The van der Waals surface area contributed by atoms with Gasteiger partial charge in [0, 0.05) is 5.56 Å². The molecule has 0 fully saturated rings. The van der Waals surface area contributed by atoms with Crippen LogP contribution in [-0.4, -0.2) is 30.3 Å². The number of alkyl halides is 3. The zero-order valence-corrected chi connectivity index (χ0v) is 16.0. The van der Waals surface area contributed by atoms with Crippen LogP contribution >= 0.6 is 0 Å². The first kappa shape index (κ1) is 21.2. The fourth-order valence-corrected chi connectivity index (χ4v) is 2.58. The van der Waals surface area contributed by atoms with Crippen LogP contribution in [0, 0.1) is 0 Å². The molecule has 158 valence electrons. The Balaban J connectivity index is 1.58. The number of halogens is 3. The Hall–Kier alpha value is -3.56. The van der Waals surface area contributed by atoms with Crippen molar-refractivity contribution in [1.29, 1.82) is 0 Å². The summed E-state index contributed by atoms with van der Waals surface area (Å²) in [7, 11) is 3.02. The number of hydrogen-bond acceptors (Lipinski definition) is 7. The second-order valence-corrected chi connectivity index (χ2v) is 6.11. The van der Waals surface area contributed by atoms with E-state index in [4.69, 9.17) is 18.7 Å². The normalized spacial score (nSPS) is 11.2. The molecule has 0 saturated heterocycles. The third-order valence-corrected chi connectivity index (χ3v) is 4.10. The van der Waals surface area contributed by atoms with Crippen LogP contribution in [0.3, 0.4) is 0 Å². The number of carbonyl (C=O) groups excluding carboxylic acids is 1. The Morgan fingerprint density at radius 2 is 1.73 bits per heavy atom. The highest BCUT2D eigenvalue weighted by Gasteiger charge is 2.30. The summed E-state index contributed by atoms with van der Waals surface area (Å²) in [5.41, 5.74) is 0.219. The van der Waals surface area contributed by atoms with Crippen molar-refractivity contribution in [2.45, 2.75) is 19.2 Å².